The lowest BCUT2D eigenvalue weighted by Gasteiger charge is -2.40. The number of para-hydroxylation sites is 3. The Morgan fingerprint density at radius 1 is 0.880 bits per heavy atom. The van der Waals surface area contributed by atoms with E-state index in [-0.39, 0.29) is 0 Å². The summed E-state index contributed by atoms with van der Waals surface area (Å²) in [7, 11) is 0. The molecule has 1 aliphatic heterocycles. The molecule has 2 aromatic rings. The van der Waals surface area contributed by atoms with Gasteiger partial charge in [-0.2, -0.15) is 0 Å². The monoisotopic (exact) mass is 328 g/mol. The number of benzene rings is 2. The van der Waals surface area contributed by atoms with Gasteiger partial charge in [0.1, 0.15) is 0 Å². The van der Waals surface area contributed by atoms with E-state index in [1.165, 1.54) is 28.5 Å². The molecule has 1 heterocycles. The van der Waals surface area contributed by atoms with Gasteiger partial charge >= 0.3 is 0 Å². The fourth-order valence-electron chi connectivity index (χ4n) is 3.24. The molecule has 0 saturated heterocycles. The first-order chi connectivity index (χ1) is 12.2. The zero-order chi connectivity index (χ0) is 17.8. The van der Waals surface area contributed by atoms with Crippen LogP contribution in [0, 0.1) is 0 Å². The maximum atomic E-state index is 3.79. The number of allylic oxidation sites excluding steroid dienone is 6. The number of rotatable bonds is 4. The van der Waals surface area contributed by atoms with Gasteiger partial charge in [-0.15, -0.1) is 0 Å². The Morgan fingerprint density at radius 3 is 2.16 bits per heavy atom. The lowest BCUT2D eigenvalue weighted by atomic mass is 10.1. The largest absolute Gasteiger partial charge is 0.311 e. The summed E-state index contributed by atoms with van der Waals surface area (Å²) in [4.78, 5) is 4.63. The van der Waals surface area contributed by atoms with Crippen molar-refractivity contribution in [2.24, 2.45) is 0 Å². The van der Waals surface area contributed by atoms with Crippen LogP contribution in [0.5, 0.6) is 0 Å². The van der Waals surface area contributed by atoms with Gasteiger partial charge in [0.05, 0.1) is 11.4 Å². The van der Waals surface area contributed by atoms with Crippen molar-refractivity contribution < 1.29 is 0 Å². The normalized spacial score (nSPS) is 14.9. The van der Waals surface area contributed by atoms with Gasteiger partial charge in [-0.25, -0.2) is 0 Å². The summed E-state index contributed by atoms with van der Waals surface area (Å²) in [6.07, 6.45) is 8.01. The van der Waals surface area contributed by atoms with E-state index in [1.54, 1.807) is 0 Å². The molecule has 0 atom stereocenters. The molecule has 2 heteroatoms. The van der Waals surface area contributed by atoms with Crippen molar-refractivity contribution in [1.82, 2.24) is 0 Å². The van der Waals surface area contributed by atoms with Crippen LogP contribution in [0.3, 0.4) is 0 Å². The molecular formula is C23H24N2. The summed E-state index contributed by atoms with van der Waals surface area (Å²) in [6.45, 7) is 10.2. The molecule has 0 unspecified atom stereocenters. The highest BCUT2D eigenvalue weighted by atomic mass is 15.3. The number of fused-ring (bicyclic) bond motifs is 1. The topological polar surface area (TPSA) is 6.48 Å². The van der Waals surface area contributed by atoms with Crippen LogP contribution in [0.25, 0.3) is 0 Å². The summed E-state index contributed by atoms with van der Waals surface area (Å²) < 4.78 is 0. The van der Waals surface area contributed by atoms with E-state index in [0.717, 1.165) is 5.70 Å². The van der Waals surface area contributed by atoms with Gasteiger partial charge in [0, 0.05) is 22.8 Å². The van der Waals surface area contributed by atoms with Gasteiger partial charge in [0.2, 0.25) is 0 Å². The Bertz CT molecular complexity index is 857. The molecule has 0 radical (unpaired) electrons. The molecule has 0 spiro atoms. The van der Waals surface area contributed by atoms with Gasteiger partial charge < -0.3 is 9.80 Å². The third-order valence-corrected chi connectivity index (χ3v) is 4.53. The Morgan fingerprint density at radius 2 is 1.52 bits per heavy atom. The molecule has 3 rings (SSSR count). The van der Waals surface area contributed by atoms with Crippen molar-refractivity contribution in [3.63, 3.8) is 0 Å². The van der Waals surface area contributed by atoms with Crippen molar-refractivity contribution >= 4 is 17.1 Å². The number of hydrogen-bond acceptors (Lipinski definition) is 2. The fraction of sp³-hybridized carbons (Fsp3) is 0.130. The zero-order valence-corrected chi connectivity index (χ0v) is 15.1. The lowest BCUT2D eigenvalue weighted by molar-refractivity contribution is 0.974. The quantitative estimate of drug-likeness (QED) is 0.588. The molecule has 0 aromatic heterocycles. The predicted molar refractivity (Wildman–Crippen MR) is 109 cm³/mol. The van der Waals surface area contributed by atoms with E-state index in [0.29, 0.717) is 0 Å². The molecule has 25 heavy (non-hydrogen) atoms. The first kappa shape index (κ1) is 16.8. The van der Waals surface area contributed by atoms with Gasteiger partial charge in [-0.1, -0.05) is 55.1 Å². The highest BCUT2D eigenvalue weighted by Gasteiger charge is 2.28. The minimum Gasteiger partial charge on any atom is -0.311 e. The first-order valence-electron chi connectivity index (χ1n) is 8.56. The van der Waals surface area contributed by atoms with Crippen LogP contribution in [0.4, 0.5) is 17.1 Å². The van der Waals surface area contributed by atoms with Gasteiger partial charge in [0.15, 0.2) is 0 Å². The number of nitrogens with zero attached hydrogens (tertiary/aromatic N) is 2. The van der Waals surface area contributed by atoms with Crippen LogP contribution in [-0.2, 0) is 0 Å². The van der Waals surface area contributed by atoms with Gasteiger partial charge in [-0.05, 0) is 51.1 Å². The molecule has 2 nitrogen and oxygen atoms in total. The molecule has 0 bridgehead atoms. The van der Waals surface area contributed by atoms with Crippen LogP contribution >= 0.6 is 0 Å². The van der Waals surface area contributed by atoms with Crippen molar-refractivity contribution in [3.05, 3.63) is 103 Å². The van der Waals surface area contributed by atoms with Crippen molar-refractivity contribution in [2.45, 2.75) is 20.8 Å². The summed E-state index contributed by atoms with van der Waals surface area (Å²) >= 11 is 0. The highest BCUT2D eigenvalue weighted by molar-refractivity contribution is 5.86. The van der Waals surface area contributed by atoms with Crippen LogP contribution < -0.4 is 9.80 Å². The van der Waals surface area contributed by atoms with E-state index in [1.807, 2.05) is 12.2 Å². The minimum atomic E-state index is 1.14. The molecule has 0 amide bonds. The maximum Gasteiger partial charge on any atom is 0.0699 e. The SMILES string of the molecule is C=CC=CC(=CC)N1C(C)=C(C)N(c2ccccc2)c2ccccc21. The molecule has 2 aromatic carbocycles. The van der Waals surface area contributed by atoms with Gasteiger partial charge in [-0.3, -0.25) is 0 Å². The molecule has 0 fully saturated rings. The third kappa shape index (κ3) is 3.03. The van der Waals surface area contributed by atoms with Crippen LogP contribution in [-0.4, -0.2) is 0 Å². The Balaban J connectivity index is 2.20. The summed E-state index contributed by atoms with van der Waals surface area (Å²) in [5.74, 6) is 0. The molecule has 0 aliphatic carbocycles. The molecule has 0 saturated carbocycles. The zero-order valence-electron chi connectivity index (χ0n) is 15.1. The second-order valence-electron chi connectivity index (χ2n) is 5.97. The standard InChI is InChI=1S/C23H24N2/c1-5-7-13-20(6-2)24-18(3)19(4)25(21-14-9-8-10-15-21)23-17-12-11-16-22(23)24/h5-17H,1H2,2-4H3. The molecule has 126 valence electrons. The maximum absolute atomic E-state index is 3.79. The Hall–Kier alpha value is -3.00. The Labute approximate surface area is 150 Å². The smallest absolute Gasteiger partial charge is 0.0699 e. The average molecular weight is 328 g/mol. The minimum absolute atomic E-state index is 1.14. The van der Waals surface area contributed by atoms with Crippen LogP contribution in [0.1, 0.15) is 20.8 Å². The summed E-state index contributed by atoms with van der Waals surface area (Å²) in [5, 5.41) is 0. The van der Waals surface area contributed by atoms with E-state index in [4.69, 9.17) is 0 Å². The van der Waals surface area contributed by atoms with Gasteiger partial charge in [0.25, 0.3) is 0 Å². The first-order valence-corrected chi connectivity index (χ1v) is 8.56. The van der Waals surface area contributed by atoms with E-state index < -0.39 is 0 Å². The van der Waals surface area contributed by atoms with Crippen molar-refractivity contribution in [2.75, 3.05) is 9.80 Å². The predicted octanol–water partition coefficient (Wildman–Crippen LogP) is 6.54. The fourth-order valence-corrected chi connectivity index (χ4v) is 3.24. The second kappa shape index (κ2) is 7.27. The summed E-state index contributed by atoms with van der Waals surface area (Å²) in [5.41, 5.74) is 7.10. The average Bonchev–Trinajstić information content (AvgIpc) is 2.66. The number of hydrogen-bond donors (Lipinski definition) is 0. The Kier molecular flexibility index (Phi) is 4.90. The molecule has 1 aliphatic rings. The molecular weight excluding hydrogens is 304 g/mol. The molecule has 0 N–H and O–H groups in total. The lowest BCUT2D eigenvalue weighted by Crippen LogP contribution is -2.31. The third-order valence-electron chi connectivity index (χ3n) is 4.53. The van der Waals surface area contributed by atoms with Crippen molar-refractivity contribution in [3.8, 4) is 0 Å². The van der Waals surface area contributed by atoms with Crippen LogP contribution in [0.15, 0.2) is 103 Å². The van der Waals surface area contributed by atoms with E-state index in [9.17, 15) is 0 Å². The van der Waals surface area contributed by atoms with E-state index in [2.05, 4.69) is 104 Å². The van der Waals surface area contributed by atoms with E-state index >= 15 is 0 Å². The van der Waals surface area contributed by atoms with Crippen LogP contribution in [0.2, 0.25) is 0 Å². The number of anilines is 3. The van der Waals surface area contributed by atoms with Crippen molar-refractivity contribution in [1.29, 1.82) is 0 Å². The highest BCUT2D eigenvalue weighted by Crippen LogP contribution is 2.45. The summed E-state index contributed by atoms with van der Waals surface area (Å²) in [6, 6.07) is 19.0. The second-order valence-corrected chi connectivity index (χ2v) is 5.97.